The third-order valence-electron chi connectivity index (χ3n) is 4.35. The summed E-state index contributed by atoms with van der Waals surface area (Å²) in [5, 5.41) is 0. The summed E-state index contributed by atoms with van der Waals surface area (Å²) in [7, 11) is -3.52. The number of hydrogen-bond acceptors (Lipinski definition) is 4. The second-order valence-corrected chi connectivity index (χ2v) is 9.18. The van der Waals surface area contributed by atoms with Crippen molar-refractivity contribution in [1.82, 2.24) is 9.21 Å². The van der Waals surface area contributed by atoms with Gasteiger partial charge in [-0.15, -0.1) is 0 Å². The summed E-state index contributed by atoms with van der Waals surface area (Å²) in [6, 6.07) is 7.81. The van der Waals surface area contributed by atoms with Gasteiger partial charge in [-0.3, -0.25) is 4.79 Å². The summed E-state index contributed by atoms with van der Waals surface area (Å²) in [5.41, 5.74) is 5.74. The first-order valence-corrected chi connectivity index (χ1v) is 9.67. The van der Waals surface area contributed by atoms with Crippen molar-refractivity contribution >= 4 is 15.9 Å². The predicted molar refractivity (Wildman–Crippen MR) is 93.8 cm³/mol. The molecule has 1 atom stereocenters. The SMILES string of the molecule is CC(C)(C)[C@H](N)C(=O)N1CCCN(S(=O)(=O)c2ccccc2)CC1. The topological polar surface area (TPSA) is 83.7 Å². The summed E-state index contributed by atoms with van der Waals surface area (Å²) in [6.07, 6.45) is 0.606. The molecule has 0 spiro atoms. The first kappa shape index (κ1) is 18.9. The Hall–Kier alpha value is -1.44. The first-order valence-electron chi connectivity index (χ1n) is 8.23. The van der Waals surface area contributed by atoms with Gasteiger partial charge in [-0.25, -0.2) is 8.42 Å². The van der Waals surface area contributed by atoms with Crippen LogP contribution in [0.15, 0.2) is 35.2 Å². The van der Waals surface area contributed by atoms with Gasteiger partial charge in [0.05, 0.1) is 10.9 Å². The number of carbonyl (C=O) groups is 1. The number of carbonyl (C=O) groups excluding carboxylic acids is 1. The second kappa shape index (κ2) is 7.21. The highest BCUT2D eigenvalue weighted by atomic mass is 32.2. The van der Waals surface area contributed by atoms with Gasteiger partial charge in [0.2, 0.25) is 15.9 Å². The first-order chi connectivity index (χ1) is 11.1. The van der Waals surface area contributed by atoms with Crippen LogP contribution < -0.4 is 5.73 Å². The molecule has 6 nitrogen and oxygen atoms in total. The van der Waals surface area contributed by atoms with E-state index in [4.69, 9.17) is 5.73 Å². The molecule has 1 saturated heterocycles. The molecular weight excluding hydrogens is 326 g/mol. The zero-order valence-corrected chi connectivity index (χ0v) is 15.4. The molecule has 0 saturated carbocycles. The van der Waals surface area contributed by atoms with Crippen LogP contribution in [-0.4, -0.2) is 55.8 Å². The highest BCUT2D eigenvalue weighted by Gasteiger charge is 2.33. The van der Waals surface area contributed by atoms with Crippen LogP contribution in [0.3, 0.4) is 0 Å². The van der Waals surface area contributed by atoms with Crippen molar-refractivity contribution in [2.24, 2.45) is 11.1 Å². The molecule has 1 amide bonds. The minimum Gasteiger partial charge on any atom is -0.340 e. The molecule has 0 unspecified atom stereocenters. The second-order valence-electron chi connectivity index (χ2n) is 7.24. The number of nitrogens with zero attached hydrogens (tertiary/aromatic N) is 2. The van der Waals surface area contributed by atoms with E-state index in [1.807, 2.05) is 20.8 Å². The molecule has 0 aromatic heterocycles. The number of sulfonamides is 1. The Kier molecular flexibility index (Phi) is 5.67. The van der Waals surface area contributed by atoms with Crippen LogP contribution in [-0.2, 0) is 14.8 Å². The van der Waals surface area contributed by atoms with Gasteiger partial charge in [0.1, 0.15) is 0 Å². The van der Waals surface area contributed by atoms with Crippen molar-refractivity contribution in [3.8, 4) is 0 Å². The molecule has 134 valence electrons. The molecule has 1 aromatic carbocycles. The molecule has 1 aromatic rings. The van der Waals surface area contributed by atoms with E-state index >= 15 is 0 Å². The quantitative estimate of drug-likeness (QED) is 0.887. The van der Waals surface area contributed by atoms with Gasteiger partial charge >= 0.3 is 0 Å². The minimum atomic E-state index is -3.52. The summed E-state index contributed by atoms with van der Waals surface area (Å²) in [5.74, 6) is -0.110. The minimum absolute atomic E-state index is 0.110. The third-order valence-corrected chi connectivity index (χ3v) is 6.26. The summed E-state index contributed by atoms with van der Waals surface area (Å²) in [6.45, 7) is 7.39. The monoisotopic (exact) mass is 353 g/mol. The van der Waals surface area contributed by atoms with Crippen LogP contribution in [0.1, 0.15) is 27.2 Å². The summed E-state index contributed by atoms with van der Waals surface area (Å²) >= 11 is 0. The standard InChI is InChI=1S/C17H27N3O3S/c1-17(2,3)15(18)16(21)19-10-7-11-20(13-12-19)24(22,23)14-8-5-4-6-9-14/h4-6,8-9,15H,7,10-13,18H2,1-3H3/t15-/m1/s1. The van der Waals surface area contributed by atoms with E-state index in [9.17, 15) is 13.2 Å². The maximum atomic E-state index is 12.7. The summed E-state index contributed by atoms with van der Waals surface area (Å²) in [4.78, 5) is 14.5. The van der Waals surface area contributed by atoms with Crippen LogP contribution in [0.5, 0.6) is 0 Å². The molecule has 0 radical (unpaired) electrons. The van der Waals surface area contributed by atoms with E-state index in [-0.39, 0.29) is 16.2 Å². The van der Waals surface area contributed by atoms with Gasteiger partial charge in [0.15, 0.2) is 0 Å². The Bertz CT molecular complexity index is 668. The van der Waals surface area contributed by atoms with Gasteiger partial charge in [-0.2, -0.15) is 4.31 Å². The molecule has 2 rings (SSSR count). The van der Waals surface area contributed by atoms with Gasteiger partial charge in [0, 0.05) is 26.2 Å². The smallest absolute Gasteiger partial charge is 0.243 e. The van der Waals surface area contributed by atoms with Crippen molar-refractivity contribution < 1.29 is 13.2 Å². The number of rotatable bonds is 3. The van der Waals surface area contributed by atoms with Crippen molar-refractivity contribution in [2.75, 3.05) is 26.2 Å². The largest absolute Gasteiger partial charge is 0.340 e. The fourth-order valence-electron chi connectivity index (χ4n) is 2.66. The number of benzene rings is 1. The van der Waals surface area contributed by atoms with Crippen LogP contribution in [0.2, 0.25) is 0 Å². The molecular formula is C17H27N3O3S. The van der Waals surface area contributed by atoms with Gasteiger partial charge < -0.3 is 10.6 Å². The fraction of sp³-hybridized carbons (Fsp3) is 0.588. The van der Waals surface area contributed by atoms with Crippen LogP contribution in [0.25, 0.3) is 0 Å². The normalized spacial score (nSPS) is 18.9. The van der Waals surface area contributed by atoms with Crippen molar-refractivity contribution in [2.45, 2.75) is 38.1 Å². The number of hydrogen-bond donors (Lipinski definition) is 1. The molecule has 1 heterocycles. The van der Waals surface area contributed by atoms with E-state index in [1.165, 1.54) is 4.31 Å². The van der Waals surface area contributed by atoms with Crippen LogP contribution in [0.4, 0.5) is 0 Å². The van der Waals surface area contributed by atoms with E-state index in [0.717, 1.165) is 0 Å². The zero-order valence-electron chi connectivity index (χ0n) is 14.6. The Labute approximate surface area is 144 Å². The molecule has 2 N–H and O–H groups in total. The van der Waals surface area contributed by atoms with Gasteiger partial charge in [-0.05, 0) is 24.0 Å². The highest BCUT2D eigenvalue weighted by molar-refractivity contribution is 7.89. The molecule has 7 heteroatoms. The lowest BCUT2D eigenvalue weighted by Gasteiger charge is -2.31. The highest BCUT2D eigenvalue weighted by Crippen LogP contribution is 2.21. The van der Waals surface area contributed by atoms with Gasteiger partial charge in [-0.1, -0.05) is 39.0 Å². The molecule has 1 aliphatic heterocycles. The lowest BCUT2D eigenvalue weighted by molar-refractivity contribution is -0.134. The van der Waals surface area contributed by atoms with E-state index in [1.54, 1.807) is 35.2 Å². The Morgan fingerprint density at radius 2 is 1.71 bits per heavy atom. The average Bonchev–Trinajstić information content (AvgIpc) is 2.80. The Morgan fingerprint density at radius 1 is 1.08 bits per heavy atom. The average molecular weight is 353 g/mol. The molecule has 0 bridgehead atoms. The predicted octanol–water partition coefficient (Wildman–Crippen LogP) is 1.28. The lowest BCUT2D eigenvalue weighted by atomic mass is 9.86. The number of amides is 1. The lowest BCUT2D eigenvalue weighted by Crippen LogP contribution is -2.51. The Morgan fingerprint density at radius 3 is 2.29 bits per heavy atom. The Balaban J connectivity index is 2.09. The van der Waals surface area contributed by atoms with Crippen LogP contribution in [0, 0.1) is 5.41 Å². The van der Waals surface area contributed by atoms with E-state index in [0.29, 0.717) is 32.6 Å². The molecule has 1 fully saturated rings. The van der Waals surface area contributed by atoms with Crippen molar-refractivity contribution in [3.63, 3.8) is 0 Å². The fourth-order valence-corrected chi connectivity index (χ4v) is 4.15. The number of nitrogens with two attached hydrogens (primary N) is 1. The summed E-state index contributed by atoms with van der Waals surface area (Å²) < 4.78 is 26.9. The third kappa shape index (κ3) is 4.15. The van der Waals surface area contributed by atoms with Crippen molar-refractivity contribution in [3.05, 3.63) is 30.3 Å². The maximum absolute atomic E-state index is 12.7. The molecule has 0 aliphatic carbocycles. The van der Waals surface area contributed by atoms with Crippen LogP contribution >= 0.6 is 0 Å². The zero-order chi connectivity index (χ0) is 18.0. The van der Waals surface area contributed by atoms with Gasteiger partial charge in [0.25, 0.3) is 0 Å². The van der Waals surface area contributed by atoms with E-state index < -0.39 is 16.1 Å². The molecule has 24 heavy (non-hydrogen) atoms. The molecule has 1 aliphatic rings. The van der Waals surface area contributed by atoms with Crippen molar-refractivity contribution in [1.29, 1.82) is 0 Å². The maximum Gasteiger partial charge on any atom is 0.243 e. The van der Waals surface area contributed by atoms with E-state index in [2.05, 4.69) is 0 Å².